The first-order chi connectivity index (χ1) is 20.8. The molecule has 4 heterocycles. The van der Waals surface area contributed by atoms with Crippen molar-refractivity contribution >= 4 is 66.6 Å². The van der Waals surface area contributed by atoms with Gasteiger partial charge >= 0.3 is 12.1 Å². The minimum absolute atomic E-state index is 0.00789. The van der Waals surface area contributed by atoms with E-state index in [9.17, 15) is 14.4 Å². The quantitative estimate of drug-likeness (QED) is 0.215. The fraction of sp³-hybridized carbons (Fsp3) is 0.400. The molecule has 1 amide bonds. The third kappa shape index (κ3) is 5.40. The van der Waals surface area contributed by atoms with E-state index in [2.05, 4.69) is 20.2 Å². The SMILES string of the molecule is CC(C)(C)OC(=O)Nc1sc2c(F)ccc(-c3c(Cl)cc4c(Cl)nc(OCC56CCCN5C[C@H](F)C6)nc4c3F)c2c1C#N. The maximum atomic E-state index is 16.4. The van der Waals surface area contributed by atoms with Crippen LogP contribution in [0.2, 0.25) is 10.2 Å². The normalized spacial score (nSPS) is 20.2. The highest BCUT2D eigenvalue weighted by molar-refractivity contribution is 7.23. The van der Waals surface area contributed by atoms with Crippen LogP contribution in [0.1, 0.15) is 45.6 Å². The molecule has 2 aliphatic heterocycles. The van der Waals surface area contributed by atoms with Gasteiger partial charge in [0.25, 0.3) is 0 Å². The summed E-state index contributed by atoms with van der Waals surface area (Å²) in [6.07, 6.45) is 0.215. The molecule has 0 aliphatic carbocycles. The second-order valence-corrected chi connectivity index (χ2v) is 13.7. The number of nitrogens with one attached hydrogen (secondary N) is 1. The van der Waals surface area contributed by atoms with Gasteiger partial charge in [0.2, 0.25) is 0 Å². The van der Waals surface area contributed by atoms with Crippen molar-refractivity contribution in [2.45, 2.75) is 57.3 Å². The zero-order valence-electron chi connectivity index (χ0n) is 23.9. The summed E-state index contributed by atoms with van der Waals surface area (Å²) in [6, 6.07) is 5.63. The lowest BCUT2D eigenvalue weighted by Crippen LogP contribution is -2.43. The molecule has 0 radical (unpaired) electrons. The Morgan fingerprint density at radius 3 is 2.80 bits per heavy atom. The van der Waals surface area contributed by atoms with E-state index < -0.39 is 35.0 Å². The zero-order chi connectivity index (χ0) is 31.6. The van der Waals surface area contributed by atoms with Gasteiger partial charge in [0.1, 0.15) is 45.9 Å². The van der Waals surface area contributed by atoms with Gasteiger partial charge in [0.05, 0.1) is 20.8 Å². The summed E-state index contributed by atoms with van der Waals surface area (Å²) in [5.74, 6) is -1.57. The van der Waals surface area contributed by atoms with Crippen LogP contribution in [0.25, 0.3) is 32.1 Å². The average molecular weight is 665 g/mol. The molecule has 0 saturated carbocycles. The molecule has 44 heavy (non-hydrogen) atoms. The Kier molecular flexibility index (Phi) is 7.81. The van der Waals surface area contributed by atoms with Gasteiger partial charge in [-0.1, -0.05) is 29.3 Å². The highest BCUT2D eigenvalue weighted by Gasteiger charge is 2.49. The van der Waals surface area contributed by atoms with E-state index in [1.807, 2.05) is 6.07 Å². The molecule has 8 nitrogen and oxygen atoms in total. The molecule has 230 valence electrons. The first-order valence-corrected chi connectivity index (χ1v) is 15.4. The molecule has 2 aromatic heterocycles. The molecule has 0 spiro atoms. The molecule has 1 unspecified atom stereocenters. The molecule has 6 rings (SSSR count). The second kappa shape index (κ2) is 11.2. The number of ether oxygens (including phenoxy) is 2. The summed E-state index contributed by atoms with van der Waals surface area (Å²) in [5, 5.41) is 12.6. The van der Waals surface area contributed by atoms with Crippen LogP contribution < -0.4 is 10.1 Å². The summed E-state index contributed by atoms with van der Waals surface area (Å²) in [6.45, 7) is 6.25. The number of carbonyl (C=O) groups excluding carboxylic acids is 1. The van der Waals surface area contributed by atoms with Crippen LogP contribution in [0.15, 0.2) is 18.2 Å². The fourth-order valence-electron chi connectivity index (χ4n) is 6.07. The number of hydrogen-bond acceptors (Lipinski definition) is 8. The topological polar surface area (TPSA) is 100 Å². The van der Waals surface area contributed by atoms with E-state index in [1.165, 1.54) is 12.1 Å². The number of amides is 1. The Bertz CT molecular complexity index is 1880. The predicted molar refractivity (Wildman–Crippen MR) is 163 cm³/mol. The van der Waals surface area contributed by atoms with Crippen LogP contribution in [0.4, 0.5) is 23.0 Å². The standard InChI is InChI=1S/C30H26Cl2F3N5O3S/c1-29(2,3)43-28(41)39-26-17(11-36)20-15(5-6-19(34)24(20)44-26)21-18(31)9-16-23(22(21)35)37-27(38-25(16)32)42-13-30-7-4-8-40(30)12-14(33)10-30/h5-6,9,14H,4,7-8,10,12-13H2,1-3H3,(H,39,41)/t14-,30?/m1/s1. The Hall–Kier alpha value is -3.37. The van der Waals surface area contributed by atoms with E-state index in [-0.39, 0.29) is 65.5 Å². The molecule has 2 aliphatic rings. The molecule has 2 aromatic carbocycles. The van der Waals surface area contributed by atoms with Gasteiger partial charge < -0.3 is 9.47 Å². The van der Waals surface area contributed by atoms with Crippen LogP contribution in [-0.2, 0) is 4.74 Å². The van der Waals surface area contributed by atoms with Gasteiger partial charge in [-0.25, -0.2) is 18.0 Å². The van der Waals surface area contributed by atoms with Crippen LogP contribution in [0.5, 0.6) is 6.01 Å². The maximum Gasteiger partial charge on any atom is 0.412 e. The third-order valence-corrected chi connectivity index (χ3v) is 9.53. The van der Waals surface area contributed by atoms with Gasteiger partial charge in [-0.2, -0.15) is 15.2 Å². The largest absolute Gasteiger partial charge is 0.461 e. The van der Waals surface area contributed by atoms with Crippen LogP contribution in [-0.4, -0.2) is 58.0 Å². The van der Waals surface area contributed by atoms with Crippen molar-refractivity contribution in [2.75, 3.05) is 25.0 Å². The number of hydrogen-bond donors (Lipinski definition) is 1. The average Bonchev–Trinajstić information content (AvgIpc) is 3.58. The molecular formula is C30H26Cl2F3N5O3S. The van der Waals surface area contributed by atoms with E-state index in [0.717, 1.165) is 36.8 Å². The van der Waals surface area contributed by atoms with Gasteiger partial charge in [0, 0.05) is 29.3 Å². The minimum atomic E-state index is -0.954. The van der Waals surface area contributed by atoms with Crippen molar-refractivity contribution < 1.29 is 27.4 Å². The highest BCUT2D eigenvalue weighted by atomic mass is 35.5. The zero-order valence-corrected chi connectivity index (χ0v) is 26.2. The Morgan fingerprint density at radius 1 is 1.30 bits per heavy atom. The fourth-order valence-corrected chi connectivity index (χ4v) is 7.65. The van der Waals surface area contributed by atoms with Crippen LogP contribution >= 0.6 is 34.5 Å². The number of alkyl halides is 1. The molecule has 14 heteroatoms. The summed E-state index contributed by atoms with van der Waals surface area (Å²) in [4.78, 5) is 23.0. The van der Waals surface area contributed by atoms with Gasteiger partial charge in [-0.15, -0.1) is 11.3 Å². The number of rotatable bonds is 5. The highest BCUT2D eigenvalue weighted by Crippen LogP contribution is 2.46. The minimum Gasteiger partial charge on any atom is -0.461 e. The molecule has 2 atom stereocenters. The lowest BCUT2D eigenvalue weighted by molar-refractivity contribution is 0.0636. The lowest BCUT2D eigenvalue weighted by atomic mass is 9.95. The van der Waals surface area contributed by atoms with Crippen molar-refractivity contribution in [3.8, 4) is 23.2 Å². The van der Waals surface area contributed by atoms with Crippen molar-refractivity contribution in [2.24, 2.45) is 0 Å². The summed E-state index contributed by atoms with van der Waals surface area (Å²) in [7, 11) is 0. The number of halogens is 5. The van der Waals surface area contributed by atoms with E-state index >= 15 is 8.78 Å². The number of aromatic nitrogens is 2. The molecular weight excluding hydrogens is 638 g/mol. The maximum absolute atomic E-state index is 16.4. The molecule has 1 N–H and O–H groups in total. The van der Waals surface area contributed by atoms with Crippen molar-refractivity contribution in [1.29, 1.82) is 5.26 Å². The number of fused-ring (bicyclic) bond motifs is 3. The Morgan fingerprint density at radius 2 is 2.07 bits per heavy atom. The van der Waals surface area contributed by atoms with Crippen LogP contribution in [0, 0.1) is 23.0 Å². The van der Waals surface area contributed by atoms with Gasteiger partial charge in [0.15, 0.2) is 5.82 Å². The molecule has 2 saturated heterocycles. The summed E-state index contributed by atoms with van der Waals surface area (Å²) in [5.41, 5.74) is -1.64. The predicted octanol–water partition coefficient (Wildman–Crippen LogP) is 8.27. The van der Waals surface area contributed by atoms with Crippen molar-refractivity contribution in [3.05, 3.63) is 45.6 Å². The number of anilines is 1. The van der Waals surface area contributed by atoms with Crippen LogP contribution in [0.3, 0.4) is 0 Å². The lowest BCUT2D eigenvalue weighted by Gasteiger charge is -2.30. The Balaban J connectivity index is 1.43. The first-order valence-electron chi connectivity index (χ1n) is 13.8. The van der Waals surface area contributed by atoms with Crippen molar-refractivity contribution in [3.63, 3.8) is 0 Å². The van der Waals surface area contributed by atoms with E-state index in [1.54, 1.807) is 20.8 Å². The van der Waals surface area contributed by atoms with E-state index in [0.29, 0.717) is 13.0 Å². The molecule has 2 fully saturated rings. The smallest absolute Gasteiger partial charge is 0.412 e. The van der Waals surface area contributed by atoms with Gasteiger partial charge in [-0.3, -0.25) is 10.2 Å². The first kappa shape index (κ1) is 30.6. The number of thiophene rings is 1. The summed E-state index contributed by atoms with van der Waals surface area (Å²) < 4.78 is 56.9. The number of benzene rings is 2. The molecule has 0 bridgehead atoms. The van der Waals surface area contributed by atoms with Crippen molar-refractivity contribution in [1.82, 2.24) is 14.9 Å². The molecule has 4 aromatic rings. The number of nitriles is 1. The number of nitrogens with zero attached hydrogens (tertiary/aromatic N) is 4. The Labute approximate surface area is 264 Å². The second-order valence-electron chi connectivity index (χ2n) is 11.9. The monoisotopic (exact) mass is 663 g/mol. The third-order valence-electron chi connectivity index (χ3n) is 7.83. The van der Waals surface area contributed by atoms with Gasteiger partial charge in [-0.05, 0) is 57.9 Å². The van der Waals surface area contributed by atoms with E-state index in [4.69, 9.17) is 32.7 Å². The summed E-state index contributed by atoms with van der Waals surface area (Å²) >= 11 is 13.8. The number of carbonyl (C=O) groups is 1.